The van der Waals surface area contributed by atoms with Gasteiger partial charge in [0.05, 0.1) is 19.3 Å². The molecule has 3 unspecified atom stereocenters. The van der Waals surface area contributed by atoms with Crippen LogP contribution in [-0.2, 0) is 9.47 Å². The van der Waals surface area contributed by atoms with E-state index in [1.54, 1.807) is 0 Å². The monoisotopic (exact) mass is 324 g/mol. The predicted molar refractivity (Wildman–Crippen MR) is 87.0 cm³/mol. The van der Waals surface area contributed by atoms with Gasteiger partial charge in [-0.1, -0.05) is 0 Å². The van der Waals surface area contributed by atoms with Crippen molar-refractivity contribution in [3.8, 4) is 0 Å². The van der Waals surface area contributed by atoms with Gasteiger partial charge in [-0.05, 0) is 13.8 Å². The fourth-order valence-corrected chi connectivity index (χ4v) is 2.83. The average molecular weight is 324 g/mol. The van der Waals surface area contributed by atoms with E-state index in [-0.39, 0.29) is 32.2 Å². The number of rotatable bonds is 1. The van der Waals surface area contributed by atoms with Crippen LogP contribution in [0.3, 0.4) is 0 Å². The van der Waals surface area contributed by atoms with Crippen LogP contribution in [0, 0.1) is 5.92 Å². The van der Waals surface area contributed by atoms with Crippen LogP contribution in [-0.4, -0.2) is 82.1 Å². The number of aliphatic hydroxyl groups is 1. The minimum atomic E-state index is -0.625. The van der Waals surface area contributed by atoms with Crippen molar-refractivity contribution >= 4 is 0 Å². The molecule has 7 nitrogen and oxygen atoms in total. The third kappa shape index (κ3) is 7.82. The molecule has 0 spiro atoms. The van der Waals surface area contributed by atoms with E-state index in [4.69, 9.17) is 9.47 Å². The van der Waals surface area contributed by atoms with E-state index in [9.17, 15) is 5.11 Å². The Kier molecular flexibility index (Phi) is 10.2. The van der Waals surface area contributed by atoms with Gasteiger partial charge in [0.1, 0.15) is 0 Å². The minimum absolute atomic E-state index is 0. The quantitative estimate of drug-likeness (QED) is 0.311. The Hall–Kier alpha value is 0.317. The Morgan fingerprint density at radius 1 is 0.913 bits per heavy atom. The van der Waals surface area contributed by atoms with Crippen molar-refractivity contribution in [3.05, 3.63) is 0 Å². The predicted octanol–water partition coefficient (Wildman–Crippen LogP) is -4.40. The standard InChI is InChI=1S/C15H32N4O3.Li.H/c1-15(2)21-10-12(14(20)11-22-15)13-9-18-6-5-16-3-4-17-7-8-19-13;;/h12-14,16-20H,3-11H2,1-2H3;;/q;+1;-1. The first kappa shape index (κ1) is 21.4. The summed E-state index contributed by atoms with van der Waals surface area (Å²) in [5.41, 5.74) is 0. The molecule has 0 bridgehead atoms. The molecule has 2 aliphatic rings. The molecule has 23 heavy (non-hydrogen) atoms. The molecular weight excluding hydrogens is 291 g/mol. The molecular formula is C15H33LiN4O3. The molecule has 2 heterocycles. The Bertz CT molecular complexity index is 317. The van der Waals surface area contributed by atoms with Crippen molar-refractivity contribution in [2.75, 3.05) is 59.0 Å². The van der Waals surface area contributed by atoms with Crippen LogP contribution in [0.5, 0.6) is 0 Å². The maximum Gasteiger partial charge on any atom is 1.00 e. The molecule has 0 aliphatic carbocycles. The molecule has 2 saturated heterocycles. The SMILES string of the molecule is CC1(C)OCC(O)C(C2CNCCNCCNCCN2)CO1.[H-].[Li+]. The summed E-state index contributed by atoms with van der Waals surface area (Å²) in [6.07, 6.45) is -0.514. The largest absolute Gasteiger partial charge is 1.00 e. The molecule has 8 heteroatoms. The molecule has 0 aromatic heterocycles. The first-order valence-corrected chi connectivity index (χ1v) is 8.40. The van der Waals surface area contributed by atoms with Crippen LogP contribution in [0.2, 0.25) is 0 Å². The number of aliphatic hydroxyl groups excluding tert-OH is 1. The van der Waals surface area contributed by atoms with Crippen molar-refractivity contribution in [1.29, 1.82) is 0 Å². The Morgan fingerprint density at radius 3 is 2.17 bits per heavy atom. The first-order chi connectivity index (χ1) is 10.6. The minimum Gasteiger partial charge on any atom is -1.00 e. The second kappa shape index (κ2) is 11.0. The topological polar surface area (TPSA) is 86.8 Å². The van der Waals surface area contributed by atoms with Gasteiger partial charge in [-0.3, -0.25) is 0 Å². The van der Waals surface area contributed by atoms with Crippen molar-refractivity contribution < 1.29 is 34.9 Å². The number of hydrogen-bond acceptors (Lipinski definition) is 7. The first-order valence-electron chi connectivity index (χ1n) is 8.40. The van der Waals surface area contributed by atoms with Gasteiger partial charge in [0.15, 0.2) is 5.79 Å². The summed E-state index contributed by atoms with van der Waals surface area (Å²) in [5, 5.41) is 24.2. The fourth-order valence-electron chi connectivity index (χ4n) is 2.83. The van der Waals surface area contributed by atoms with Crippen molar-refractivity contribution in [2.24, 2.45) is 5.92 Å². The van der Waals surface area contributed by atoms with Crippen molar-refractivity contribution in [3.63, 3.8) is 0 Å². The summed E-state index contributed by atoms with van der Waals surface area (Å²) in [7, 11) is 0. The number of hydrogen-bond donors (Lipinski definition) is 5. The molecule has 5 N–H and O–H groups in total. The summed E-state index contributed by atoms with van der Waals surface area (Å²) in [6.45, 7) is 11.1. The zero-order chi connectivity index (χ0) is 15.8. The van der Waals surface area contributed by atoms with Crippen LogP contribution < -0.4 is 40.1 Å². The molecule has 0 aromatic rings. The van der Waals surface area contributed by atoms with E-state index in [2.05, 4.69) is 21.3 Å². The molecule has 3 atom stereocenters. The fraction of sp³-hybridized carbons (Fsp3) is 1.00. The molecule has 2 rings (SSSR count). The van der Waals surface area contributed by atoms with Crippen LogP contribution in [0.15, 0.2) is 0 Å². The smallest absolute Gasteiger partial charge is 1.00 e. The molecule has 2 aliphatic heterocycles. The van der Waals surface area contributed by atoms with Crippen LogP contribution >= 0.6 is 0 Å². The van der Waals surface area contributed by atoms with Crippen molar-refractivity contribution in [2.45, 2.75) is 31.8 Å². The summed E-state index contributed by atoms with van der Waals surface area (Å²) < 4.78 is 11.4. The van der Waals surface area contributed by atoms with E-state index in [0.29, 0.717) is 13.2 Å². The van der Waals surface area contributed by atoms with Crippen molar-refractivity contribution in [1.82, 2.24) is 21.3 Å². The van der Waals surface area contributed by atoms with Gasteiger partial charge in [0.25, 0.3) is 0 Å². The van der Waals surface area contributed by atoms with E-state index < -0.39 is 11.9 Å². The molecule has 0 radical (unpaired) electrons. The molecule has 2 fully saturated rings. The average Bonchev–Trinajstić information content (AvgIpc) is 2.60. The van der Waals surface area contributed by atoms with Gasteiger partial charge in [-0.25, -0.2) is 0 Å². The normalized spacial score (nSPS) is 34.3. The molecule has 0 aromatic carbocycles. The van der Waals surface area contributed by atoms with Gasteiger partial charge in [-0.15, -0.1) is 0 Å². The Balaban J connectivity index is 0.00000264. The van der Waals surface area contributed by atoms with E-state index in [1.807, 2.05) is 13.8 Å². The van der Waals surface area contributed by atoms with E-state index in [0.717, 1.165) is 45.8 Å². The summed E-state index contributed by atoms with van der Waals surface area (Å²) >= 11 is 0. The van der Waals surface area contributed by atoms with Gasteiger partial charge in [0.2, 0.25) is 0 Å². The van der Waals surface area contributed by atoms with Crippen LogP contribution in [0.1, 0.15) is 15.3 Å². The maximum absolute atomic E-state index is 10.4. The van der Waals surface area contributed by atoms with Gasteiger partial charge in [0, 0.05) is 57.8 Å². The summed E-state index contributed by atoms with van der Waals surface area (Å²) in [5.74, 6) is -0.606. The second-order valence-corrected chi connectivity index (χ2v) is 6.52. The van der Waals surface area contributed by atoms with Crippen LogP contribution in [0.4, 0.5) is 0 Å². The maximum atomic E-state index is 10.4. The number of ether oxygens (including phenoxy) is 2. The zero-order valence-corrected chi connectivity index (χ0v) is 14.9. The third-order valence-corrected chi connectivity index (χ3v) is 4.27. The zero-order valence-electron chi connectivity index (χ0n) is 15.9. The van der Waals surface area contributed by atoms with Gasteiger partial charge in [-0.2, -0.15) is 0 Å². The summed E-state index contributed by atoms with van der Waals surface area (Å²) in [6, 6.07) is 0.161. The molecule has 0 amide bonds. The van der Waals surface area contributed by atoms with Gasteiger partial charge < -0.3 is 37.3 Å². The second-order valence-electron chi connectivity index (χ2n) is 6.52. The van der Waals surface area contributed by atoms with Crippen LogP contribution in [0.25, 0.3) is 0 Å². The van der Waals surface area contributed by atoms with Gasteiger partial charge >= 0.3 is 18.9 Å². The Labute approximate surface area is 153 Å². The Morgan fingerprint density at radius 2 is 1.48 bits per heavy atom. The molecule has 0 saturated carbocycles. The van der Waals surface area contributed by atoms with E-state index >= 15 is 0 Å². The summed E-state index contributed by atoms with van der Waals surface area (Å²) in [4.78, 5) is 0. The molecule has 132 valence electrons. The third-order valence-electron chi connectivity index (χ3n) is 4.27. The number of nitrogens with one attached hydrogen (secondary N) is 4. The van der Waals surface area contributed by atoms with E-state index in [1.165, 1.54) is 0 Å².